The van der Waals surface area contributed by atoms with E-state index in [0.717, 1.165) is 46.6 Å². The highest BCUT2D eigenvalue weighted by Crippen LogP contribution is 2.32. The number of nitrogens with zero attached hydrogens (tertiary/aromatic N) is 4. The first-order valence-corrected chi connectivity index (χ1v) is 10.4. The van der Waals surface area contributed by atoms with Crippen molar-refractivity contribution in [2.45, 2.75) is 37.8 Å². The lowest BCUT2D eigenvalue weighted by molar-refractivity contribution is 0.116. The first kappa shape index (κ1) is 18.0. The van der Waals surface area contributed by atoms with Crippen LogP contribution in [0, 0.1) is 0 Å². The fourth-order valence-electron chi connectivity index (χ4n) is 3.52. The number of thiazole rings is 1. The molecule has 0 amide bonds. The lowest BCUT2D eigenvalue weighted by Gasteiger charge is -2.27. The molecule has 0 bridgehead atoms. The van der Waals surface area contributed by atoms with Crippen molar-refractivity contribution in [1.29, 1.82) is 0 Å². The van der Waals surface area contributed by atoms with E-state index in [1.807, 2.05) is 18.2 Å². The van der Waals surface area contributed by atoms with E-state index in [9.17, 15) is 5.11 Å². The van der Waals surface area contributed by atoms with Crippen molar-refractivity contribution in [2.75, 3.05) is 5.32 Å². The summed E-state index contributed by atoms with van der Waals surface area (Å²) < 4.78 is 6.92. The highest BCUT2D eigenvalue weighted by Gasteiger charge is 2.23. The minimum absolute atomic E-state index is 0.0703. The molecular formula is C20H20N6O2S. The van der Waals surface area contributed by atoms with Crippen molar-refractivity contribution in [1.82, 2.24) is 25.1 Å². The average Bonchev–Trinajstić information content (AvgIpc) is 3.39. The second-order valence-corrected chi connectivity index (χ2v) is 8.11. The molecule has 4 aromatic rings. The van der Waals surface area contributed by atoms with Gasteiger partial charge in [0.25, 0.3) is 0 Å². The van der Waals surface area contributed by atoms with Crippen molar-refractivity contribution in [3.05, 3.63) is 43.0 Å². The van der Waals surface area contributed by atoms with Crippen LogP contribution in [0.2, 0.25) is 0 Å². The van der Waals surface area contributed by atoms with Crippen molar-refractivity contribution in [3.8, 4) is 22.9 Å². The molecule has 1 aliphatic carbocycles. The maximum atomic E-state index is 10.2. The predicted molar refractivity (Wildman–Crippen MR) is 111 cm³/mol. The number of H-pyrrole nitrogens is 1. The third kappa shape index (κ3) is 3.92. The Labute approximate surface area is 171 Å². The fourth-order valence-corrected chi connectivity index (χ4v) is 4.47. The molecule has 1 aliphatic rings. The third-order valence-corrected chi connectivity index (χ3v) is 5.98. The smallest absolute Gasteiger partial charge is 0.238 e. The van der Waals surface area contributed by atoms with Gasteiger partial charge in [-0.2, -0.15) is 5.10 Å². The van der Waals surface area contributed by atoms with Crippen LogP contribution in [0.5, 0.6) is 11.6 Å². The van der Waals surface area contributed by atoms with E-state index in [2.05, 4.69) is 30.5 Å². The highest BCUT2D eigenvalue weighted by atomic mass is 32.1. The summed E-state index contributed by atoms with van der Waals surface area (Å²) in [5, 5.41) is 21.1. The molecule has 3 aromatic heterocycles. The van der Waals surface area contributed by atoms with Crippen molar-refractivity contribution >= 4 is 26.7 Å². The zero-order valence-corrected chi connectivity index (χ0v) is 16.4. The summed E-state index contributed by atoms with van der Waals surface area (Å²) >= 11 is 1.56. The summed E-state index contributed by atoms with van der Waals surface area (Å²) in [5.74, 6) is 1.08. The number of hydrogen-bond donors (Lipinski definition) is 3. The number of nitrogens with one attached hydrogen (secondary N) is 2. The van der Waals surface area contributed by atoms with Crippen molar-refractivity contribution < 1.29 is 9.84 Å². The zero-order chi connectivity index (χ0) is 19.6. The van der Waals surface area contributed by atoms with E-state index in [0.29, 0.717) is 17.3 Å². The minimum atomic E-state index is -0.310. The molecule has 5 rings (SSSR count). The fraction of sp³-hybridized carbons (Fsp3) is 0.300. The molecule has 0 unspecified atom stereocenters. The van der Waals surface area contributed by atoms with E-state index in [1.165, 1.54) is 0 Å². The van der Waals surface area contributed by atoms with Crippen LogP contribution in [-0.4, -0.2) is 42.4 Å². The van der Waals surface area contributed by atoms with Crippen LogP contribution >= 0.6 is 11.3 Å². The molecule has 0 spiro atoms. The average molecular weight is 408 g/mol. The molecule has 1 saturated carbocycles. The lowest BCUT2D eigenvalue weighted by atomic mass is 9.93. The largest absolute Gasteiger partial charge is 0.437 e. The number of aliphatic hydroxyl groups excluding tert-OH is 1. The lowest BCUT2D eigenvalue weighted by Crippen LogP contribution is -2.36. The monoisotopic (exact) mass is 408 g/mol. The Morgan fingerprint density at radius 2 is 2.07 bits per heavy atom. The number of anilines is 1. The second-order valence-electron chi connectivity index (χ2n) is 7.08. The molecule has 1 fully saturated rings. The Bertz CT molecular complexity index is 1110. The molecule has 8 nitrogen and oxygen atoms in total. The Kier molecular flexibility index (Phi) is 4.82. The van der Waals surface area contributed by atoms with Gasteiger partial charge in [-0.1, -0.05) is 24.2 Å². The van der Waals surface area contributed by atoms with E-state index >= 15 is 0 Å². The van der Waals surface area contributed by atoms with Gasteiger partial charge in [0.1, 0.15) is 5.75 Å². The van der Waals surface area contributed by atoms with Crippen LogP contribution < -0.4 is 10.1 Å². The standard InChI is InChI=1S/C20H20N6O2S/c27-17-4-2-1-3-14(17)25-20-26-15-6-5-13(7-18(15)29-20)28-19-11-21-10-16(24-19)12-8-22-23-9-12/h5-11,14,17,27H,1-4H2,(H,22,23)(H,25,26)/t14-,17-/m1/s1. The van der Waals surface area contributed by atoms with Gasteiger partial charge in [-0.15, -0.1) is 0 Å². The van der Waals surface area contributed by atoms with Gasteiger partial charge in [0.05, 0.1) is 46.6 Å². The Morgan fingerprint density at radius 1 is 1.14 bits per heavy atom. The highest BCUT2D eigenvalue weighted by molar-refractivity contribution is 7.22. The minimum Gasteiger partial charge on any atom is -0.437 e. The van der Waals surface area contributed by atoms with E-state index in [-0.39, 0.29) is 12.1 Å². The number of fused-ring (bicyclic) bond motifs is 1. The summed E-state index contributed by atoms with van der Waals surface area (Å²) in [7, 11) is 0. The molecule has 1 aromatic carbocycles. The van der Waals surface area contributed by atoms with Crippen LogP contribution in [0.1, 0.15) is 25.7 Å². The number of ether oxygens (including phenoxy) is 1. The Morgan fingerprint density at radius 3 is 2.93 bits per heavy atom. The van der Waals surface area contributed by atoms with E-state index in [1.54, 1.807) is 36.1 Å². The predicted octanol–water partition coefficient (Wildman–Crippen LogP) is 3.98. The van der Waals surface area contributed by atoms with Gasteiger partial charge >= 0.3 is 0 Å². The maximum Gasteiger partial charge on any atom is 0.238 e. The summed E-state index contributed by atoms with van der Waals surface area (Å²) in [6, 6.07) is 5.81. The van der Waals surface area contributed by atoms with Crippen molar-refractivity contribution in [3.63, 3.8) is 0 Å². The van der Waals surface area contributed by atoms with Crippen LogP contribution in [-0.2, 0) is 0 Å². The topological polar surface area (TPSA) is 109 Å². The number of aromatic nitrogens is 5. The molecule has 3 heterocycles. The number of aromatic amines is 1. The number of aliphatic hydroxyl groups is 1. The summed E-state index contributed by atoms with van der Waals surface area (Å²) in [6.45, 7) is 0. The molecule has 0 aliphatic heterocycles. The molecule has 0 radical (unpaired) electrons. The molecule has 29 heavy (non-hydrogen) atoms. The number of benzene rings is 1. The van der Waals surface area contributed by atoms with Gasteiger partial charge in [0.15, 0.2) is 5.13 Å². The molecule has 9 heteroatoms. The van der Waals surface area contributed by atoms with Gasteiger partial charge in [-0.25, -0.2) is 9.97 Å². The SMILES string of the molecule is O[C@@H]1CCCC[C@H]1Nc1nc2ccc(Oc3cncc(-c4cn[nH]c4)n3)cc2s1. The van der Waals surface area contributed by atoms with Crippen LogP contribution in [0.3, 0.4) is 0 Å². The second kappa shape index (κ2) is 7.76. The summed E-state index contributed by atoms with van der Waals surface area (Å²) in [6.07, 6.45) is 10.4. The normalized spacial score (nSPS) is 19.3. The van der Waals surface area contributed by atoms with E-state index < -0.39 is 0 Å². The number of rotatable bonds is 5. The zero-order valence-electron chi connectivity index (χ0n) is 15.6. The molecule has 0 saturated heterocycles. The van der Waals surface area contributed by atoms with Gasteiger partial charge in [0.2, 0.25) is 5.88 Å². The summed E-state index contributed by atoms with van der Waals surface area (Å²) in [5.41, 5.74) is 2.43. The summed E-state index contributed by atoms with van der Waals surface area (Å²) in [4.78, 5) is 13.3. The van der Waals surface area contributed by atoms with Gasteiger partial charge in [-0.3, -0.25) is 10.1 Å². The van der Waals surface area contributed by atoms with E-state index in [4.69, 9.17) is 4.74 Å². The third-order valence-electron chi connectivity index (χ3n) is 5.03. The first-order valence-electron chi connectivity index (χ1n) is 9.59. The first-order chi connectivity index (χ1) is 14.2. The van der Waals surface area contributed by atoms with Crippen LogP contribution in [0.25, 0.3) is 21.5 Å². The van der Waals surface area contributed by atoms with Gasteiger partial charge in [0, 0.05) is 17.8 Å². The van der Waals surface area contributed by atoms with Crippen LogP contribution in [0.4, 0.5) is 5.13 Å². The molecular weight excluding hydrogens is 388 g/mol. The van der Waals surface area contributed by atoms with Gasteiger partial charge in [-0.05, 0) is 25.0 Å². The van der Waals surface area contributed by atoms with Gasteiger partial charge < -0.3 is 15.2 Å². The Hall–Kier alpha value is -3.04. The maximum absolute atomic E-state index is 10.2. The van der Waals surface area contributed by atoms with Crippen molar-refractivity contribution in [2.24, 2.45) is 0 Å². The number of hydrogen-bond acceptors (Lipinski definition) is 8. The molecule has 2 atom stereocenters. The molecule has 148 valence electrons. The Balaban J connectivity index is 1.34. The van der Waals surface area contributed by atoms with Crippen LogP contribution in [0.15, 0.2) is 43.0 Å². The molecule has 3 N–H and O–H groups in total. The quantitative estimate of drug-likeness (QED) is 0.458.